The molecule has 1 saturated heterocycles. The minimum atomic E-state index is -0.675. The van der Waals surface area contributed by atoms with E-state index in [1.807, 2.05) is 36.1 Å². The lowest BCUT2D eigenvalue weighted by atomic mass is 10.1. The van der Waals surface area contributed by atoms with Crippen molar-refractivity contribution in [2.75, 3.05) is 11.4 Å². The van der Waals surface area contributed by atoms with Crippen LogP contribution in [-0.2, 0) is 4.79 Å². The Morgan fingerprint density at radius 2 is 2.06 bits per heavy atom. The highest BCUT2D eigenvalue weighted by molar-refractivity contribution is 5.80. The summed E-state index contributed by atoms with van der Waals surface area (Å²) in [5, 5.41) is 9.25. The van der Waals surface area contributed by atoms with Gasteiger partial charge in [-0.15, -0.1) is 0 Å². The maximum absolute atomic E-state index is 11.2. The van der Waals surface area contributed by atoms with E-state index >= 15 is 0 Å². The van der Waals surface area contributed by atoms with Gasteiger partial charge in [-0.1, -0.05) is 17.7 Å². The van der Waals surface area contributed by atoms with Crippen molar-refractivity contribution in [2.24, 2.45) is 11.8 Å². The molecule has 1 heterocycles. The zero-order chi connectivity index (χ0) is 11.3. The normalized spacial score (nSPS) is 31.3. The molecule has 2 aliphatic rings. The number of carboxylic acid groups (broad SMARTS) is 1. The molecule has 3 atom stereocenters. The standard InChI is InChI=1S/C13H15NO2/c1-8-2-4-10(5-3-8)14-7-9-6-11(9)12(14)13(15)16/h2-5,9,11-12H,6-7H2,1H3,(H,15,16). The average Bonchev–Trinajstić information content (AvgIpc) is 2.90. The van der Waals surface area contributed by atoms with E-state index < -0.39 is 5.97 Å². The predicted octanol–water partition coefficient (Wildman–Crippen LogP) is 1.90. The fraction of sp³-hybridized carbons (Fsp3) is 0.462. The van der Waals surface area contributed by atoms with Gasteiger partial charge < -0.3 is 10.0 Å². The highest BCUT2D eigenvalue weighted by atomic mass is 16.4. The van der Waals surface area contributed by atoms with E-state index in [1.54, 1.807) is 0 Å². The third-order valence-corrected chi connectivity index (χ3v) is 3.77. The van der Waals surface area contributed by atoms with E-state index in [4.69, 9.17) is 0 Å². The summed E-state index contributed by atoms with van der Waals surface area (Å²) in [7, 11) is 0. The fourth-order valence-electron chi connectivity index (χ4n) is 2.78. The molecule has 1 aromatic carbocycles. The van der Waals surface area contributed by atoms with Gasteiger partial charge in [0.2, 0.25) is 0 Å². The van der Waals surface area contributed by atoms with Crippen molar-refractivity contribution in [2.45, 2.75) is 19.4 Å². The maximum atomic E-state index is 11.2. The van der Waals surface area contributed by atoms with Crippen LogP contribution in [-0.4, -0.2) is 23.7 Å². The number of anilines is 1. The summed E-state index contributed by atoms with van der Waals surface area (Å²) in [6.45, 7) is 2.95. The highest BCUT2D eigenvalue weighted by Gasteiger charge is 2.55. The van der Waals surface area contributed by atoms with Gasteiger partial charge in [-0.25, -0.2) is 4.79 Å². The highest BCUT2D eigenvalue weighted by Crippen LogP contribution is 2.50. The second-order valence-corrected chi connectivity index (χ2v) is 4.93. The zero-order valence-electron chi connectivity index (χ0n) is 9.26. The van der Waals surface area contributed by atoms with Gasteiger partial charge in [0.25, 0.3) is 0 Å². The quantitative estimate of drug-likeness (QED) is 0.822. The predicted molar refractivity (Wildman–Crippen MR) is 61.5 cm³/mol. The smallest absolute Gasteiger partial charge is 0.326 e. The van der Waals surface area contributed by atoms with Crippen LogP contribution in [0.15, 0.2) is 24.3 Å². The Labute approximate surface area is 94.7 Å². The lowest BCUT2D eigenvalue weighted by molar-refractivity contribution is -0.138. The Balaban J connectivity index is 1.89. The van der Waals surface area contributed by atoms with E-state index in [1.165, 1.54) is 5.56 Å². The molecule has 0 aromatic heterocycles. The number of carboxylic acids is 1. The number of nitrogens with zero attached hydrogens (tertiary/aromatic N) is 1. The molecular formula is C13H15NO2. The van der Waals surface area contributed by atoms with Crippen LogP contribution >= 0.6 is 0 Å². The van der Waals surface area contributed by atoms with Crippen LogP contribution in [0.3, 0.4) is 0 Å². The van der Waals surface area contributed by atoms with Crippen LogP contribution in [0.5, 0.6) is 0 Å². The van der Waals surface area contributed by atoms with Crippen LogP contribution in [0, 0.1) is 18.8 Å². The van der Waals surface area contributed by atoms with Crippen molar-refractivity contribution in [1.29, 1.82) is 0 Å². The number of fused-ring (bicyclic) bond motifs is 1. The molecule has 3 unspecified atom stereocenters. The van der Waals surface area contributed by atoms with E-state index in [0.29, 0.717) is 11.8 Å². The van der Waals surface area contributed by atoms with Crippen LogP contribution in [0.25, 0.3) is 0 Å². The lowest BCUT2D eigenvalue weighted by Gasteiger charge is -2.26. The molecule has 2 fully saturated rings. The Bertz CT molecular complexity index is 426. The molecule has 84 valence electrons. The van der Waals surface area contributed by atoms with Gasteiger partial charge in [0.05, 0.1) is 0 Å². The van der Waals surface area contributed by atoms with E-state index in [-0.39, 0.29) is 6.04 Å². The van der Waals surface area contributed by atoms with Gasteiger partial charge in [-0.3, -0.25) is 0 Å². The number of aryl methyl sites for hydroxylation is 1. The molecule has 1 aromatic rings. The second kappa shape index (κ2) is 3.24. The first-order valence-corrected chi connectivity index (χ1v) is 5.73. The molecule has 0 amide bonds. The Kier molecular flexibility index (Phi) is 1.96. The molecule has 3 rings (SSSR count). The van der Waals surface area contributed by atoms with Gasteiger partial charge in [0.1, 0.15) is 6.04 Å². The van der Waals surface area contributed by atoms with Crippen LogP contribution in [0.1, 0.15) is 12.0 Å². The molecule has 0 bridgehead atoms. The summed E-state index contributed by atoms with van der Waals surface area (Å²) in [6, 6.07) is 7.83. The summed E-state index contributed by atoms with van der Waals surface area (Å²) < 4.78 is 0. The number of piperidine rings is 1. The van der Waals surface area contributed by atoms with Crippen LogP contribution in [0.4, 0.5) is 5.69 Å². The summed E-state index contributed by atoms with van der Waals surface area (Å²) in [5.41, 5.74) is 2.25. The first kappa shape index (κ1) is 9.70. The monoisotopic (exact) mass is 217 g/mol. The first-order valence-electron chi connectivity index (χ1n) is 5.73. The largest absolute Gasteiger partial charge is 0.480 e. The number of carbonyl (C=O) groups is 1. The number of rotatable bonds is 2. The number of hydrogen-bond donors (Lipinski definition) is 1. The SMILES string of the molecule is Cc1ccc(N2CC3CC3C2C(=O)O)cc1. The van der Waals surface area contributed by atoms with E-state index in [2.05, 4.69) is 0 Å². The zero-order valence-corrected chi connectivity index (χ0v) is 9.26. The van der Waals surface area contributed by atoms with Crippen molar-refractivity contribution >= 4 is 11.7 Å². The molecule has 1 saturated carbocycles. The van der Waals surface area contributed by atoms with Gasteiger partial charge in [-0.2, -0.15) is 0 Å². The maximum Gasteiger partial charge on any atom is 0.326 e. The van der Waals surface area contributed by atoms with Gasteiger partial charge in [0, 0.05) is 12.2 Å². The molecule has 0 radical (unpaired) electrons. The van der Waals surface area contributed by atoms with Crippen molar-refractivity contribution in [1.82, 2.24) is 0 Å². The second-order valence-electron chi connectivity index (χ2n) is 4.93. The summed E-state index contributed by atoms with van der Waals surface area (Å²) in [5.74, 6) is 0.326. The molecule has 1 aliphatic heterocycles. The molecule has 0 spiro atoms. The molecule has 16 heavy (non-hydrogen) atoms. The summed E-state index contributed by atoms with van der Waals surface area (Å²) in [6.07, 6.45) is 1.10. The van der Waals surface area contributed by atoms with Crippen molar-refractivity contribution in [3.8, 4) is 0 Å². The minimum absolute atomic E-state index is 0.298. The Morgan fingerprint density at radius 1 is 1.38 bits per heavy atom. The number of hydrogen-bond acceptors (Lipinski definition) is 2. The van der Waals surface area contributed by atoms with E-state index in [9.17, 15) is 9.90 Å². The summed E-state index contributed by atoms with van der Waals surface area (Å²) in [4.78, 5) is 13.3. The van der Waals surface area contributed by atoms with E-state index in [0.717, 1.165) is 18.7 Å². The average molecular weight is 217 g/mol. The van der Waals surface area contributed by atoms with Gasteiger partial charge in [-0.05, 0) is 37.3 Å². The third kappa shape index (κ3) is 1.39. The lowest BCUT2D eigenvalue weighted by Crippen LogP contribution is -2.39. The topological polar surface area (TPSA) is 40.5 Å². The Hall–Kier alpha value is -1.51. The number of aliphatic carboxylic acids is 1. The third-order valence-electron chi connectivity index (χ3n) is 3.77. The van der Waals surface area contributed by atoms with Crippen molar-refractivity contribution in [3.05, 3.63) is 29.8 Å². The molecular weight excluding hydrogens is 202 g/mol. The molecule has 3 nitrogen and oxygen atoms in total. The van der Waals surface area contributed by atoms with Gasteiger partial charge >= 0.3 is 5.97 Å². The Morgan fingerprint density at radius 3 is 2.69 bits per heavy atom. The fourth-order valence-corrected chi connectivity index (χ4v) is 2.78. The van der Waals surface area contributed by atoms with Crippen LogP contribution < -0.4 is 4.90 Å². The van der Waals surface area contributed by atoms with Crippen molar-refractivity contribution in [3.63, 3.8) is 0 Å². The minimum Gasteiger partial charge on any atom is -0.480 e. The van der Waals surface area contributed by atoms with Crippen molar-refractivity contribution < 1.29 is 9.90 Å². The number of benzene rings is 1. The summed E-state index contributed by atoms with van der Waals surface area (Å²) >= 11 is 0. The first-order chi connectivity index (χ1) is 7.66. The molecule has 3 heteroatoms. The molecule has 1 aliphatic carbocycles. The van der Waals surface area contributed by atoms with Gasteiger partial charge in [0.15, 0.2) is 0 Å². The van der Waals surface area contributed by atoms with Crippen LogP contribution in [0.2, 0.25) is 0 Å². The molecule has 1 N–H and O–H groups in total.